The minimum Gasteiger partial charge on any atom is -0.356 e. The van der Waals surface area contributed by atoms with Crippen molar-refractivity contribution in [2.45, 2.75) is 44.6 Å². The van der Waals surface area contributed by atoms with Gasteiger partial charge in [-0.15, -0.1) is 11.3 Å². The van der Waals surface area contributed by atoms with Gasteiger partial charge in [0, 0.05) is 38.8 Å². The summed E-state index contributed by atoms with van der Waals surface area (Å²) in [6.07, 6.45) is 8.59. The van der Waals surface area contributed by atoms with Crippen LogP contribution in [0.2, 0.25) is 0 Å². The van der Waals surface area contributed by atoms with Crippen molar-refractivity contribution in [2.24, 2.45) is 5.92 Å². The normalized spacial score (nSPS) is 24.9. The molecule has 3 fully saturated rings. The Balaban J connectivity index is 1.20. The van der Waals surface area contributed by atoms with Crippen molar-refractivity contribution in [3.63, 3.8) is 0 Å². The number of hydrogen-bond donors (Lipinski definition) is 0. The highest BCUT2D eigenvalue weighted by Gasteiger charge is 2.34. The molecule has 6 nitrogen and oxygen atoms in total. The van der Waals surface area contributed by atoms with Crippen LogP contribution in [0.3, 0.4) is 0 Å². The predicted molar refractivity (Wildman–Crippen MR) is 113 cm³/mol. The molecule has 0 bridgehead atoms. The van der Waals surface area contributed by atoms with Gasteiger partial charge in [0.25, 0.3) is 0 Å². The van der Waals surface area contributed by atoms with Crippen LogP contribution in [0.4, 0.5) is 5.82 Å². The van der Waals surface area contributed by atoms with Crippen LogP contribution >= 0.6 is 11.3 Å². The molecule has 5 heterocycles. The lowest BCUT2D eigenvalue weighted by molar-refractivity contribution is -0.136. The molecule has 1 atom stereocenters. The van der Waals surface area contributed by atoms with Gasteiger partial charge in [0.05, 0.1) is 11.3 Å². The highest BCUT2D eigenvalue weighted by molar-refractivity contribution is 7.16. The standard InChI is InChI=1S/C21H29N5OS/c27-21(25-8-1-2-9-25)16-4-3-10-26(14-16)17-5-11-24(12-6-17)19-18-7-13-28-20(18)23-15-22-19/h7,13,15-17H,1-6,8-12,14H2. The largest absolute Gasteiger partial charge is 0.356 e. The molecule has 0 aliphatic carbocycles. The second-order valence-electron chi connectivity index (χ2n) is 8.42. The maximum Gasteiger partial charge on any atom is 0.226 e. The molecule has 0 saturated carbocycles. The van der Waals surface area contributed by atoms with Crippen molar-refractivity contribution < 1.29 is 4.79 Å². The number of aromatic nitrogens is 2. The van der Waals surface area contributed by atoms with Crippen molar-refractivity contribution >= 4 is 33.3 Å². The van der Waals surface area contributed by atoms with E-state index in [1.807, 2.05) is 0 Å². The van der Waals surface area contributed by atoms with E-state index in [1.54, 1.807) is 17.7 Å². The van der Waals surface area contributed by atoms with Crippen molar-refractivity contribution in [3.05, 3.63) is 17.8 Å². The van der Waals surface area contributed by atoms with E-state index in [-0.39, 0.29) is 5.92 Å². The molecule has 0 radical (unpaired) electrons. The van der Waals surface area contributed by atoms with Crippen LogP contribution in [0.15, 0.2) is 17.8 Å². The summed E-state index contributed by atoms with van der Waals surface area (Å²) in [7, 11) is 0. The molecule has 3 aliphatic heterocycles. The summed E-state index contributed by atoms with van der Waals surface area (Å²) in [5.41, 5.74) is 0. The van der Waals surface area contributed by atoms with Gasteiger partial charge in [0.15, 0.2) is 0 Å². The number of carbonyl (C=O) groups excluding carboxylic acids is 1. The molecule has 0 spiro atoms. The first-order valence-electron chi connectivity index (χ1n) is 10.8. The van der Waals surface area contributed by atoms with Gasteiger partial charge in [0.1, 0.15) is 17.0 Å². The zero-order valence-corrected chi connectivity index (χ0v) is 17.2. The Kier molecular flexibility index (Phi) is 5.20. The average Bonchev–Trinajstić information content (AvgIpc) is 3.45. The Hall–Kier alpha value is -1.73. The van der Waals surface area contributed by atoms with E-state index < -0.39 is 0 Å². The van der Waals surface area contributed by atoms with Gasteiger partial charge in [-0.05, 0) is 56.5 Å². The lowest BCUT2D eigenvalue weighted by atomic mass is 9.93. The summed E-state index contributed by atoms with van der Waals surface area (Å²) in [6.45, 7) is 6.13. The summed E-state index contributed by atoms with van der Waals surface area (Å²) in [6, 6.07) is 2.74. The van der Waals surface area contributed by atoms with Crippen LogP contribution in [0, 0.1) is 5.92 Å². The SMILES string of the molecule is O=C(C1CCCN(C2CCN(c3ncnc4sccc34)CC2)C1)N1CCCC1. The predicted octanol–water partition coefficient (Wildman–Crippen LogP) is 2.99. The first-order chi connectivity index (χ1) is 13.8. The number of anilines is 1. The molecule has 7 heteroatoms. The van der Waals surface area contributed by atoms with Gasteiger partial charge in [-0.1, -0.05) is 0 Å². The quantitative estimate of drug-likeness (QED) is 0.794. The number of piperidine rings is 2. The highest BCUT2D eigenvalue weighted by Crippen LogP contribution is 2.31. The second-order valence-corrected chi connectivity index (χ2v) is 9.32. The van der Waals surface area contributed by atoms with Crippen LogP contribution < -0.4 is 4.90 Å². The number of amides is 1. The summed E-state index contributed by atoms with van der Waals surface area (Å²) >= 11 is 1.68. The Morgan fingerprint density at radius 3 is 2.64 bits per heavy atom. The van der Waals surface area contributed by atoms with E-state index in [0.29, 0.717) is 11.9 Å². The summed E-state index contributed by atoms with van der Waals surface area (Å²) in [5.74, 6) is 1.73. The number of carbonyl (C=O) groups is 1. The Morgan fingerprint density at radius 2 is 1.82 bits per heavy atom. The van der Waals surface area contributed by atoms with E-state index in [9.17, 15) is 4.79 Å². The summed E-state index contributed by atoms with van der Waals surface area (Å²) in [4.78, 5) is 30.0. The van der Waals surface area contributed by atoms with Gasteiger partial charge in [-0.2, -0.15) is 0 Å². The Labute approximate surface area is 170 Å². The molecule has 150 valence electrons. The lowest BCUT2D eigenvalue weighted by Gasteiger charge is -2.42. The number of fused-ring (bicyclic) bond motifs is 1. The van der Waals surface area contributed by atoms with Crippen LogP contribution in [0.1, 0.15) is 38.5 Å². The molecular weight excluding hydrogens is 370 g/mol. The third kappa shape index (κ3) is 3.50. The van der Waals surface area contributed by atoms with Crippen molar-refractivity contribution in [1.29, 1.82) is 0 Å². The molecule has 2 aromatic rings. The first kappa shape index (κ1) is 18.3. The first-order valence-corrected chi connectivity index (χ1v) is 11.6. The zero-order valence-electron chi connectivity index (χ0n) is 16.4. The van der Waals surface area contributed by atoms with Crippen LogP contribution in [-0.4, -0.2) is 71.0 Å². The molecule has 3 aliphatic rings. The number of likely N-dealkylation sites (tertiary alicyclic amines) is 2. The second kappa shape index (κ2) is 7.95. The number of thiophene rings is 1. The van der Waals surface area contributed by atoms with E-state index in [2.05, 4.69) is 36.1 Å². The minimum absolute atomic E-state index is 0.220. The van der Waals surface area contributed by atoms with Gasteiger partial charge in [-0.3, -0.25) is 9.69 Å². The van der Waals surface area contributed by atoms with E-state index in [0.717, 1.165) is 75.6 Å². The van der Waals surface area contributed by atoms with E-state index >= 15 is 0 Å². The fraction of sp³-hybridized carbons (Fsp3) is 0.667. The monoisotopic (exact) mass is 399 g/mol. The molecular formula is C21H29N5OS. The third-order valence-electron chi connectivity index (χ3n) is 6.74. The molecule has 2 aromatic heterocycles. The Bertz CT molecular complexity index is 825. The van der Waals surface area contributed by atoms with Gasteiger partial charge in [0.2, 0.25) is 5.91 Å². The van der Waals surface area contributed by atoms with E-state index in [4.69, 9.17) is 0 Å². The molecule has 0 N–H and O–H groups in total. The molecule has 3 saturated heterocycles. The molecule has 1 unspecified atom stereocenters. The summed E-state index contributed by atoms with van der Waals surface area (Å²) in [5, 5.41) is 3.28. The van der Waals surface area contributed by atoms with Crippen molar-refractivity contribution in [1.82, 2.24) is 19.8 Å². The van der Waals surface area contributed by atoms with Gasteiger partial charge >= 0.3 is 0 Å². The third-order valence-corrected chi connectivity index (χ3v) is 7.56. The lowest BCUT2D eigenvalue weighted by Crippen LogP contribution is -2.51. The Morgan fingerprint density at radius 1 is 1.00 bits per heavy atom. The average molecular weight is 400 g/mol. The maximum absolute atomic E-state index is 12.8. The van der Waals surface area contributed by atoms with E-state index in [1.165, 1.54) is 18.2 Å². The van der Waals surface area contributed by atoms with Crippen LogP contribution in [0.5, 0.6) is 0 Å². The molecule has 0 aromatic carbocycles. The minimum atomic E-state index is 0.220. The molecule has 28 heavy (non-hydrogen) atoms. The number of nitrogens with zero attached hydrogens (tertiary/aromatic N) is 5. The number of rotatable bonds is 3. The fourth-order valence-electron chi connectivity index (χ4n) is 5.21. The highest BCUT2D eigenvalue weighted by atomic mass is 32.1. The molecule has 5 rings (SSSR count). The summed E-state index contributed by atoms with van der Waals surface area (Å²) < 4.78 is 0. The van der Waals surface area contributed by atoms with Crippen LogP contribution in [-0.2, 0) is 4.79 Å². The van der Waals surface area contributed by atoms with Gasteiger partial charge in [-0.25, -0.2) is 9.97 Å². The number of hydrogen-bond acceptors (Lipinski definition) is 6. The van der Waals surface area contributed by atoms with Crippen molar-refractivity contribution in [3.8, 4) is 0 Å². The molecule has 1 amide bonds. The fourth-order valence-corrected chi connectivity index (χ4v) is 5.93. The maximum atomic E-state index is 12.8. The van der Waals surface area contributed by atoms with Crippen molar-refractivity contribution in [2.75, 3.05) is 44.2 Å². The topological polar surface area (TPSA) is 52.6 Å². The smallest absolute Gasteiger partial charge is 0.226 e. The van der Waals surface area contributed by atoms with Gasteiger partial charge < -0.3 is 9.80 Å². The van der Waals surface area contributed by atoms with Crippen LogP contribution in [0.25, 0.3) is 10.2 Å². The zero-order chi connectivity index (χ0) is 18.9.